The maximum absolute atomic E-state index is 12.4. The molecule has 4 saturated carbocycles. The fraction of sp³-hybridized carbons (Fsp3) is 0.938. The molecule has 19 heavy (non-hydrogen) atoms. The number of nitrogens with one attached hydrogen (secondary N) is 1. The van der Waals surface area contributed by atoms with Gasteiger partial charge in [-0.25, -0.2) is 0 Å². The lowest BCUT2D eigenvalue weighted by Gasteiger charge is -2.63. The molecular formula is C16H28N2O. The van der Waals surface area contributed by atoms with E-state index >= 15 is 0 Å². The first-order valence-electron chi connectivity index (χ1n) is 7.92. The summed E-state index contributed by atoms with van der Waals surface area (Å²) in [5.74, 6) is 2.66. The van der Waals surface area contributed by atoms with E-state index in [1.54, 1.807) is 0 Å². The SMILES string of the molecule is CNC(C(N)=O)(C(C)C)C12CC3CC(CC(C3)C1)C2. The summed E-state index contributed by atoms with van der Waals surface area (Å²) < 4.78 is 0. The van der Waals surface area contributed by atoms with Gasteiger partial charge in [-0.15, -0.1) is 0 Å². The van der Waals surface area contributed by atoms with Crippen molar-refractivity contribution in [3.63, 3.8) is 0 Å². The van der Waals surface area contributed by atoms with Gasteiger partial charge in [-0.05, 0) is 74.7 Å². The van der Waals surface area contributed by atoms with Crippen LogP contribution in [-0.4, -0.2) is 18.5 Å². The van der Waals surface area contributed by atoms with Gasteiger partial charge in [-0.3, -0.25) is 4.79 Å². The molecule has 3 N–H and O–H groups in total. The molecule has 4 aliphatic rings. The Morgan fingerprint density at radius 3 is 1.84 bits per heavy atom. The van der Waals surface area contributed by atoms with Crippen molar-refractivity contribution in [1.29, 1.82) is 0 Å². The number of carbonyl (C=O) groups excluding carboxylic acids is 1. The van der Waals surface area contributed by atoms with Crippen molar-refractivity contribution in [3.8, 4) is 0 Å². The zero-order chi connectivity index (χ0) is 13.8. The Hall–Kier alpha value is -0.570. The molecule has 4 rings (SSSR count). The Kier molecular flexibility index (Phi) is 2.97. The van der Waals surface area contributed by atoms with Gasteiger partial charge in [0.05, 0.1) is 0 Å². The van der Waals surface area contributed by atoms with E-state index in [1.165, 1.54) is 38.5 Å². The van der Waals surface area contributed by atoms with Crippen LogP contribution in [0.3, 0.4) is 0 Å². The monoisotopic (exact) mass is 264 g/mol. The third-order valence-electron chi connectivity index (χ3n) is 6.52. The first-order valence-corrected chi connectivity index (χ1v) is 7.92. The van der Waals surface area contributed by atoms with Gasteiger partial charge < -0.3 is 11.1 Å². The van der Waals surface area contributed by atoms with E-state index in [9.17, 15) is 4.79 Å². The summed E-state index contributed by atoms with van der Waals surface area (Å²) in [5, 5.41) is 3.40. The third kappa shape index (κ3) is 1.63. The molecule has 1 unspecified atom stereocenters. The minimum absolute atomic E-state index is 0.122. The smallest absolute Gasteiger partial charge is 0.238 e. The second kappa shape index (κ2) is 4.21. The van der Waals surface area contributed by atoms with E-state index < -0.39 is 5.54 Å². The molecule has 3 nitrogen and oxygen atoms in total. The van der Waals surface area contributed by atoms with Crippen LogP contribution in [0.4, 0.5) is 0 Å². The molecule has 3 heteroatoms. The molecule has 0 aliphatic heterocycles. The Balaban J connectivity index is 2.04. The molecule has 0 heterocycles. The molecule has 4 aliphatic carbocycles. The summed E-state index contributed by atoms with van der Waals surface area (Å²) in [6, 6.07) is 0. The molecule has 0 aromatic heterocycles. The maximum Gasteiger partial charge on any atom is 0.238 e. The Morgan fingerprint density at radius 1 is 1.16 bits per heavy atom. The molecule has 0 spiro atoms. The van der Waals surface area contributed by atoms with E-state index in [4.69, 9.17) is 5.73 Å². The minimum Gasteiger partial charge on any atom is -0.368 e. The van der Waals surface area contributed by atoms with Gasteiger partial charge in [-0.1, -0.05) is 13.8 Å². The number of carbonyl (C=O) groups is 1. The second-order valence-corrected chi connectivity index (χ2v) is 7.77. The van der Waals surface area contributed by atoms with Crippen molar-refractivity contribution >= 4 is 5.91 Å². The average molecular weight is 264 g/mol. The van der Waals surface area contributed by atoms with E-state index in [0.29, 0.717) is 0 Å². The fourth-order valence-electron chi connectivity index (χ4n) is 6.43. The number of primary amides is 1. The highest BCUT2D eigenvalue weighted by Gasteiger charge is 2.63. The largest absolute Gasteiger partial charge is 0.368 e. The first kappa shape index (κ1) is 13.4. The molecule has 0 saturated heterocycles. The summed E-state index contributed by atoms with van der Waals surface area (Å²) in [4.78, 5) is 12.4. The van der Waals surface area contributed by atoms with Crippen LogP contribution >= 0.6 is 0 Å². The number of hydrogen-bond donors (Lipinski definition) is 2. The van der Waals surface area contributed by atoms with Gasteiger partial charge in [0, 0.05) is 0 Å². The molecule has 1 atom stereocenters. The highest BCUT2D eigenvalue weighted by atomic mass is 16.1. The summed E-state index contributed by atoms with van der Waals surface area (Å²) in [5.41, 5.74) is 5.51. The van der Waals surface area contributed by atoms with Gasteiger partial charge in [0.15, 0.2) is 0 Å². The minimum atomic E-state index is -0.511. The van der Waals surface area contributed by atoms with E-state index in [2.05, 4.69) is 19.2 Å². The number of nitrogens with two attached hydrogens (primary N) is 1. The number of rotatable bonds is 4. The molecule has 4 fully saturated rings. The normalized spacial score (nSPS) is 43.5. The van der Waals surface area contributed by atoms with Gasteiger partial charge in [0.1, 0.15) is 5.54 Å². The highest BCUT2D eigenvalue weighted by molar-refractivity contribution is 5.86. The van der Waals surface area contributed by atoms with E-state index in [1.807, 2.05) is 7.05 Å². The van der Waals surface area contributed by atoms with Crippen LogP contribution in [0, 0.1) is 29.1 Å². The Bertz CT molecular complexity index is 355. The summed E-state index contributed by atoms with van der Waals surface area (Å²) in [7, 11) is 1.93. The molecule has 108 valence electrons. The van der Waals surface area contributed by atoms with Crippen molar-refractivity contribution < 1.29 is 4.79 Å². The topological polar surface area (TPSA) is 55.1 Å². The van der Waals surface area contributed by atoms with Crippen molar-refractivity contribution in [2.75, 3.05) is 7.05 Å². The predicted molar refractivity (Wildman–Crippen MR) is 76.4 cm³/mol. The average Bonchev–Trinajstić information content (AvgIpc) is 2.26. The Labute approximate surface area is 116 Å². The lowest BCUT2D eigenvalue weighted by atomic mass is 9.43. The van der Waals surface area contributed by atoms with Crippen molar-refractivity contribution in [2.45, 2.75) is 57.9 Å². The molecule has 4 bridgehead atoms. The molecule has 0 aromatic rings. The number of hydrogen-bond acceptors (Lipinski definition) is 2. The third-order valence-corrected chi connectivity index (χ3v) is 6.52. The van der Waals surface area contributed by atoms with Crippen LogP contribution in [0.15, 0.2) is 0 Å². The van der Waals surface area contributed by atoms with E-state index in [0.717, 1.165) is 17.8 Å². The van der Waals surface area contributed by atoms with E-state index in [-0.39, 0.29) is 17.2 Å². The second-order valence-electron chi connectivity index (χ2n) is 7.77. The Morgan fingerprint density at radius 2 is 1.58 bits per heavy atom. The van der Waals surface area contributed by atoms with Crippen LogP contribution in [0.2, 0.25) is 0 Å². The van der Waals surface area contributed by atoms with Crippen LogP contribution in [0.5, 0.6) is 0 Å². The van der Waals surface area contributed by atoms with Crippen LogP contribution in [0.25, 0.3) is 0 Å². The summed E-state index contributed by atoms with van der Waals surface area (Å²) >= 11 is 0. The standard InChI is InChI=1S/C16H28N2O/c1-10(2)16(18-3,14(17)19)15-7-11-4-12(8-15)6-13(5-11)9-15/h10-13,18H,4-9H2,1-3H3,(H2,17,19). The lowest BCUT2D eigenvalue weighted by Crippen LogP contribution is -2.71. The zero-order valence-corrected chi connectivity index (χ0v) is 12.5. The maximum atomic E-state index is 12.4. The number of amides is 1. The first-order chi connectivity index (χ1) is 8.93. The zero-order valence-electron chi connectivity index (χ0n) is 12.5. The van der Waals surface area contributed by atoms with Gasteiger partial charge in [0.2, 0.25) is 5.91 Å². The highest BCUT2D eigenvalue weighted by Crippen LogP contribution is 2.64. The molecule has 0 radical (unpaired) electrons. The predicted octanol–water partition coefficient (Wildman–Crippen LogP) is 2.30. The van der Waals surface area contributed by atoms with Crippen molar-refractivity contribution in [1.82, 2.24) is 5.32 Å². The van der Waals surface area contributed by atoms with Gasteiger partial charge in [-0.2, -0.15) is 0 Å². The molecular weight excluding hydrogens is 236 g/mol. The summed E-state index contributed by atoms with van der Waals surface area (Å²) in [6.07, 6.45) is 7.82. The molecule has 1 amide bonds. The number of likely N-dealkylation sites (N-methyl/N-ethyl adjacent to an activating group) is 1. The summed E-state index contributed by atoms with van der Waals surface area (Å²) in [6.45, 7) is 4.31. The molecule has 0 aromatic carbocycles. The van der Waals surface area contributed by atoms with Gasteiger partial charge >= 0.3 is 0 Å². The lowest BCUT2D eigenvalue weighted by molar-refractivity contribution is -0.153. The van der Waals surface area contributed by atoms with Crippen LogP contribution < -0.4 is 11.1 Å². The fourth-order valence-corrected chi connectivity index (χ4v) is 6.43. The van der Waals surface area contributed by atoms with Crippen LogP contribution in [0.1, 0.15) is 52.4 Å². The van der Waals surface area contributed by atoms with Gasteiger partial charge in [0.25, 0.3) is 0 Å². The van der Waals surface area contributed by atoms with Crippen molar-refractivity contribution in [2.24, 2.45) is 34.8 Å². The quantitative estimate of drug-likeness (QED) is 0.818. The van der Waals surface area contributed by atoms with Crippen molar-refractivity contribution in [3.05, 3.63) is 0 Å². The van der Waals surface area contributed by atoms with Crippen LogP contribution in [-0.2, 0) is 4.79 Å².